The van der Waals surface area contributed by atoms with Crippen LogP contribution >= 0.6 is 0 Å². The Morgan fingerprint density at radius 2 is 1.75 bits per heavy atom. The molecule has 1 N–H and O–H groups in total. The lowest BCUT2D eigenvalue weighted by Gasteiger charge is -2.18. The van der Waals surface area contributed by atoms with Crippen LogP contribution in [-0.4, -0.2) is 32.5 Å². The molecule has 4 heteroatoms. The minimum Gasteiger partial charge on any atom is -0.314 e. The van der Waals surface area contributed by atoms with Crippen LogP contribution in [0, 0.1) is 5.92 Å². The second-order valence-electron chi connectivity index (χ2n) is 4.74. The van der Waals surface area contributed by atoms with Gasteiger partial charge in [-0.3, -0.25) is 0 Å². The summed E-state index contributed by atoms with van der Waals surface area (Å²) < 4.78 is 22.9. The maximum Gasteiger partial charge on any atom is 0.150 e. The first-order valence-electron chi connectivity index (χ1n) is 6.35. The summed E-state index contributed by atoms with van der Waals surface area (Å²) >= 11 is 0. The molecule has 98 valence electrons. The van der Waals surface area contributed by atoms with Crippen molar-refractivity contribution in [3.63, 3.8) is 0 Å². The van der Waals surface area contributed by atoms with Gasteiger partial charge in [-0.2, -0.15) is 0 Å². The van der Waals surface area contributed by atoms with Crippen molar-refractivity contribution in [1.29, 1.82) is 0 Å². The molecule has 3 nitrogen and oxygen atoms in total. The van der Waals surface area contributed by atoms with E-state index in [1.54, 1.807) is 6.92 Å². The fraction of sp³-hybridized carbons (Fsp3) is 1.00. The highest BCUT2D eigenvalue weighted by atomic mass is 32.2. The molecular weight excluding hydrogens is 222 g/mol. The van der Waals surface area contributed by atoms with Gasteiger partial charge in [-0.05, 0) is 25.3 Å². The molecule has 0 fully saturated rings. The monoisotopic (exact) mass is 249 g/mol. The van der Waals surface area contributed by atoms with E-state index in [1.807, 2.05) is 0 Å². The Labute approximate surface area is 101 Å². The van der Waals surface area contributed by atoms with Gasteiger partial charge in [0, 0.05) is 11.8 Å². The lowest BCUT2D eigenvalue weighted by Crippen LogP contribution is -2.30. The van der Waals surface area contributed by atoms with E-state index in [0.29, 0.717) is 17.7 Å². The molecule has 0 aliphatic carbocycles. The van der Waals surface area contributed by atoms with Gasteiger partial charge in [0.05, 0.1) is 5.75 Å². The van der Waals surface area contributed by atoms with Gasteiger partial charge in [0.15, 0.2) is 0 Å². The number of hydrogen-bond acceptors (Lipinski definition) is 3. The van der Waals surface area contributed by atoms with E-state index in [4.69, 9.17) is 0 Å². The molecule has 0 saturated carbocycles. The molecule has 0 aromatic rings. The van der Waals surface area contributed by atoms with Crippen LogP contribution in [0.25, 0.3) is 0 Å². The molecule has 0 aromatic heterocycles. The molecule has 0 radical (unpaired) electrons. The van der Waals surface area contributed by atoms with Gasteiger partial charge in [0.2, 0.25) is 0 Å². The highest BCUT2D eigenvalue weighted by molar-refractivity contribution is 7.91. The maximum absolute atomic E-state index is 11.4. The van der Waals surface area contributed by atoms with Crippen molar-refractivity contribution >= 4 is 9.84 Å². The lowest BCUT2D eigenvalue weighted by molar-refractivity contribution is 0.410. The molecule has 0 aliphatic heterocycles. The predicted molar refractivity (Wildman–Crippen MR) is 70.5 cm³/mol. The summed E-state index contributed by atoms with van der Waals surface area (Å²) in [5.74, 6) is 1.10. The maximum atomic E-state index is 11.4. The molecule has 0 bridgehead atoms. The van der Waals surface area contributed by atoms with Crippen molar-refractivity contribution in [2.24, 2.45) is 5.92 Å². The largest absolute Gasteiger partial charge is 0.314 e. The Hall–Kier alpha value is -0.0900. The van der Waals surface area contributed by atoms with Crippen molar-refractivity contribution in [2.75, 3.05) is 18.1 Å². The Bertz CT molecular complexity index is 260. The number of sulfone groups is 1. The SMILES string of the molecule is CCCC(CCS(=O)(=O)CC)CNC(C)C. The molecule has 1 unspecified atom stereocenters. The van der Waals surface area contributed by atoms with Crippen molar-refractivity contribution in [3.8, 4) is 0 Å². The lowest BCUT2D eigenvalue weighted by atomic mass is 10.0. The normalized spacial score (nSPS) is 14.3. The fourth-order valence-electron chi connectivity index (χ4n) is 1.65. The van der Waals surface area contributed by atoms with E-state index < -0.39 is 9.84 Å². The van der Waals surface area contributed by atoms with Crippen LogP contribution in [0.4, 0.5) is 0 Å². The summed E-state index contributed by atoms with van der Waals surface area (Å²) in [5, 5.41) is 3.39. The van der Waals surface area contributed by atoms with Gasteiger partial charge < -0.3 is 5.32 Å². The zero-order valence-corrected chi connectivity index (χ0v) is 11.9. The summed E-state index contributed by atoms with van der Waals surface area (Å²) in [7, 11) is -2.80. The smallest absolute Gasteiger partial charge is 0.150 e. The van der Waals surface area contributed by atoms with E-state index in [1.165, 1.54) is 0 Å². The fourth-order valence-corrected chi connectivity index (χ4v) is 2.63. The molecule has 0 aliphatic rings. The number of nitrogens with one attached hydrogen (secondary N) is 1. The standard InChI is InChI=1S/C12H27NO2S/c1-5-7-12(10-13-11(3)4)8-9-16(14,15)6-2/h11-13H,5-10H2,1-4H3. The molecule has 0 amide bonds. The first kappa shape index (κ1) is 15.9. The minimum absolute atomic E-state index is 0.267. The van der Waals surface area contributed by atoms with E-state index in [0.717, 1.165) is 25.8 Å². The molecule has 0 rings (SSSR count). The predicted octanol–water partition coefficient (Wildman–Crippen LogP) is 2.23. The summed E-state index contributed by atoms with van der Waals surface area (Å²) in [5.41, 5.74) is 0. The van der Waals surface area contributed by atoms with Gasteiger partial charge in [0.25, 0.3) is 0 Å². The van der Waals surface area contributed by atoms with E-state index in [9.17, 15) is 8.42 Å². The van der Waals surface area contributed by atoms with Crippen LogP contribution in [0.1, 0.15) is 47.0 Å². The first-order chi connectivity index (χ1) is 7.41. The molecule has 0 saturated heterocycles. The summed E-state index contributed by atoms with van der Waals surface area (Å²) in [6.45, 7) is 9.04. The van der Waals surface area contributed by atoms with Crippen LogP contribution < -0.4 is 5.32 Å². The van der Waals surface area contributed by atoms with Crippen LogP contribution in [-0.2, 0) is 9.84 Å². The highest BCUT2D eigenvalue weighted by Crippen LogP contribution is 2.12. The molecule has 16 heavy (non-hydrogen) atoms. The van der Waals surface area contributed by atoms with Crippen LogP contribution in [0.5, 0.6) is 0 Å². The van der Waals surface area contributed by atoms with Crippen molar-refractivity contribution in [2.45, 2.75) is 53.0 Å². The Kier molecular flexibility index (Phi) is 8.02. The minimum atomic E-state index is -2.80. The van der Waals surface area contributed by atoms with Crippen molar-refractivity contribution in [1.82, 2.24) is 5.32 Å². The van der Waals surface area contributed by atoms with Gasteiger partial charge in [-0.15, -0.1) is 0 Å². The molecular formula is C12H27NO2S. The first-order valence-corrected chi connectivity index (χ1v) is 8.17. The van der Waals surface area contributed by atoms with E-state index in [2.05, 4.69) is 26.1 Å². The molecule has 0 aromatic carbocycles. The summed E-state index contributed by atoms with van der Waals surface area (Å²) in [6, 6.07) is 0.474. The number of rotatable bonds is 9. The molecule has 0 spiro atoms. The van der Waals surface area contributed by atoms with Gasteiger partial charge >= 0.3 is 0 Å². The second-order valence-corrected chi connectivity index (χ2v) is 7.22. The Morgan fingerprint density at radius 1 is 1.12 bits per heavy atom. The van der Waals surface area contributed by atoms with Gasteiger partial charge in [-0.1, -0.05) is 34.1 Å². The Balaban J connectivity index is 4.03. The highest BCUT2D eigenvalue weighted by Gasteiger charge is 2.13. The van der Waals surface area contributed by atoms with Crippen LogP contribution in [0.2, 0.25) is 0 Å². The zero-order chi connectivity index (χ0) is 12.6. The topological polar surface area (TPSA) is 46.2 Å². The second kappa shape index (κ2) is 8.07. The van der Waals surface area contributed by atoms with Crippen LogP contribution in [0.3, 0.4) is 0 Å². The summed E-state index contributed by atoms with van der Waals surface area (Å²) in [4.78, 5) is 0. The third-order valence-electron chi connectivity index (χ3n) is 2.79. The average Bonchev–Trinajstić information content (AvgIpc) is 2.22. The third kappa shape index (κ3) is 8.11. The molecule has 0 heterocycles. The van der Waals surface area contributed by atoms with Gasteiger partial charge in [-0.25, -0.2) is 8.42 Å². The van der Waals surface area contributed by atoms with Crippen molar-refractivity contribution < 1.29 is 8.42 Å². The Morgan fingerprint density at radius 3 is 2.19 bits per heavy atom. The van der Waals surface area contributed by atoms with Crippen LogP contribution in [0.15, 0.2) is 0 Å². The molecule has 1 atom stereocenters. The van der Waals surface area contributed by atoms with E-state index >= 15 is 0 Å². The quantitative estimate of drug-likeness (QED) is 0.681. The summed E-state index contributed by atoms with van der Waals surface area (Å²) in [6.07, 6.45) is 3.03. The van der Waals surface area contributed by atoms with Crippen molar-refractivity contribution in [3.05, 3.63) is 0 Å². The van der Waals surface area contributed by atoms with E-state index in [-0.39, 0.29) is 5.75 Å². The number of hydrogen-bond donors (Lipinski definition) is 1. The zero-order valence-electron chi connectivity index (χ0n) is 11.1. The van der Waals surface area contributed by atoms with Gasteiger partial charge in [0.1, 0.15) is 9.84 Å². The average molecular weight is 249 g/mol. The third-order valence-corrected chi connectivity index (χ3v) is 4.53.